The largest absolute Gasteiger partial charge is 0.461 e. The van der Waals surface area contributed by atoms with Crippen molar-refractivity contribution in [1.29, 1.82) is 0 Å². The second-order valence-corrected chi connectivity index (χ2v) is 6.05. The molecule has 18 heavy (non-hydrogen) atoms. The van der Waals surface area contributed by atoms with Gasteiger partial charge in [0.15, 0.2) is 21.4 Å². The molecule has 7 nitrogen and oxygen atoms in total. The molecule has 0 spiro atoms. The van der Waals surface area contributed by atoms with E-state index in [2.05, 4.69) is 9.98 Å². The van der Waals surface area contributed by atoms with Crippen molar-refractivity contribution in [2.75, 3.05) is 19.9 Å². The molecule has 0 amide bonds. The van der Waals surface area contributed by atoms with Crippen LogP contribution in [0.1, 0.15) is 6.92 Å². The molecule has 0 aromatic heterocycles. The number of carbonyl (C=O) groups excluding carboxylic acids is 1. The number of hydrogen-bond acceptors (Lipinski definition) is 7. The number of rotatable bonds is 3. The summed E-state index contributed by atoms with van der Waals surface area (Å²) in [5.41, 5.74) is -0.302. The Morgan fingerprint density at radius 1 is 1.56 bits per heavy atom. The minimum atomic E-state index is -3.33. The predicted octanol–water partition coefficient (Wildman–Crippen LogP) is -0.440. The molecule has 0 saturated carbocycles. The number of ether oxygens (including phenoxy) is 1. The normalized spacial score (nSPS) is 22.3. The highest BCUT2D eigenvalue weighted by atomic mass is 32.2. The van der Waals surface area contributed by atoms with E-state index in [0.717, 1.165) is 6.26 Å². The van der Waals surface area contributed by atoms with Crippen LogP contribution in [0.2, 0.25) is 0 Å². The van der Waals surface area contributed by atoms with E-state index in [0.29, 0.717) is 5.70 Å². The number of sulfone groups is 1. The van der Waals surface area contributed by atoms with E-state index in [4.69, 9.17) is 4.74 Å². The van der Waals surface area contributed by atoms with Gasteiger partial charge in [0.05, 0.1) is 12.3 Å². The van der Waals surface area contributed by atoms with Gasteiger partial charge in [-0.15, -0.1) is 0 Å². The minimum Gasteiger partial charge on any atom is -0.461 e. The third-order valence-corrected chi connectivity index (χ3v) is 3.73. The van der Waals surface area contributed by atoms with Crippen LogP contribution in [-0.2, 0) is 19.4 Å². The molecular formula is C10H13N3O4S. The van der Waals surface area contributed by atoms with Gasteiger partial charge in [0, 0.05) is 13.3 Å². The first-order valence-corrected chi connectivity index (χ1v) is 7.27. The van der Waals surface area contributed by atoms with Crippen molar-refractivity contribution < 1.29 is 17.9 Å². The summed E-state index contributed by atoms with van der Waals surface area (Å²) in [7, 11) is -1.73. The molecule has 0 saturated heterocycles. The van der Waals surface area contributed by atoms with Crippen molar-refractivity contribution in [2.24, 2.45) is 9.98 Å². The van der Waals surface area contributed by atoms with E-state index in [9.17, 15) is 13.2 Å². The zero-order valence-corrected chi connectivity index (χ0v) is 11.1. The van der Waals surface area contributed by atoms with E-state index < -0.39 is 21.3 Å². The summed E-state index contributed by atoms with van der Waals surface area (Å²) in [6, 6.07) is 0. The van der Waals surface area contributed by atoms with Crippen LogP contribution >= 0.6 is 0 Å². The SMILES string of the molecule is CCOC(=O)C1=NC2=NC(S(C)(=O)=O)N(C)C2=C1. The van der Waals surface area contributed by atoms with Crippen LogP contribution in [0.15, 0.2) is 21.8 Å². The molecule has 0 aromatic rings. The predicted molar refractivity (Wildman–Crippen MR) is 66.0 cm³/mol. The first-order chi connectivity index (χ1) is 8.34. The molecule has 1 unspecified atom stereocenters. The molecule has 0 N–H and O–H groups in total. The quantitative estimate of drug-likeness (QED) is 0.649. The molecule has 1 atom stereocenters. The van der Waals surface area contributed by atoms with Gasteiger partial charge < -0.3 is 9.64 Å². The third kappa shape index (κ3) is 2.03. The van der Waals surface area contributed by atoms with Crippen LogP contribution < -0.4 is 0 Å². The maximum absolute atomic E-state index is 11.5. The average Bonchev–Trinajstić information content (AvgIpc) is 2.78. The molecule has 0 aromatic carbocycles. The zero-order chi connectivity index (χ0) is 13.5. The summed E-state index contributed by atoms with van der Waals surface area (Å²) in [6.45, 7) is 1.96. The van der Waals surface area contributed by atoms with E-state index in [1.165, 1.54) is 11.0 Å². The van der Waals surface area contributed by atoms with Crippen molar-refractivity contribution >= 4 is 27.4 Å². The summed E-state index contributed by atoms with van der Waals surface area (Å²) in [4.78, 5) is 20.9. The molecular weight excluding hydrogens is 258 g/mol. The fraction of sp³-hybridized carbons (Fsp3) is 0.500. The van der Waals surface area contributed by atoms with Crippen LogP contribution in [0.3, 0.4) is 0 Å². The Labute approximate surface area is 105 Å². The minimum absolute atomic E-state index is 0.143. The summed E-state index contributed by atoms with van der Waals surface area (Å²) >= 11 is 0. The molecule has 98 valence electrons. The summed E-state index contributed by atoms with van der Waals surface area (Å²) < 4.78 is 27.8. The van der Waals surface area contributed by atoms with Crippen LogP contribution in [0, 0.1) is 0 Å². The Kier molecular flexibility index (Phi) is 2.97. The Bertz CT molecular complexity index is 588. The highest BCUT2D eigenvalue weighted by Gasteiger charge is 2.38. The standard InChI is InChI=1S/C10H13N3O4S/c1-4-17-9(14)6-5-7-8(11-6)12-10(13(7)2)18(3,15)16/h5,10H,4H2,1-3H3. The van der Waals surface area contributed by atoms with Gasteiger partial charge in [-0.05, 0) is 13.0 Å². The number of amidine groups is 1. The van der Waals surface area contributed by atoms with E-state index in [1.54, 1.807) is 14.0 Å². The average molecular weight is 271 g/mol. The molecule has 0 fully saturated rings. The second kappa shape index (κ2) is 4.20. The summed E-state index contributed by atoms with van der Waals surface area (Å²) in [5, 5.41) is 0. The second-order valence-electron chi connectivity index (χ2n) is 3.97. The highest BCUT2D eigenvalue weighted by Crippen LogP contribution is 2.26. The lowest BCUT2D eigenvalue weighted by Crippen LogP contribution is -2.31. The molecule has 0 radical (unpaired) electrons. The monoisotopic (exact) mass is 271 g/mol. The maximum atomic E-state index is 11.5. The van der Waals surface area contributed by atoms with Gasteiger partial charge >= 0.3 is 5.97 Å². The van der Waals surface area contributed by atoms with Gasteiger partial charge in [-0.2, -0.15) is 0 Å². The van der Waals surface area contributed by atoms with Crippen molar-refractivity contribution in [3.05, 3.63) is 11.8 Å². The van der Waals surface area contributed by atoms with Crippen LogP contribution in [0.4, 0.5) is 0 Å². The number of aliphatic imine (C=N–C) groups is 2. The van der Waals surface area contributed by atoms with E-state index in [-0.39, 0.29) is 18.2 Å². The Hall–Kier alpha value is -1.70. The third-order valence-electron chi connectivity index (χ3n) is 2.54. The number of carbonyl (C=O) groups is 1. The molecule has 2 heterocycles. The van der Waals surface area contributed by atoms with Crippen molar-refractivity contribution in [3.8, 4) is 0 Å². The topological polar surface area (TPSA) is 88.4 Å². The zero-order valence-electron chi connectivity index (χ0n) is 10.2. The lowest BCUT2D eigenvalue weighted by atomic mass is 10.3. The lowest BCUT2D eigenvalue weighted by molar-refractivity contribution is -0.134. The molecule has 8 heteroatoms. The molecule has 2 rings (SSSR count). The van der Waals surface area contributed by atoms with Gasteiger partial charge in [-0.3, -0.25) is 0 Å². The van der Waals surface area contributed by atoms with Crippen molar-refractivity contribution in [1.82, 2.24) is 4.90 Å². The molecule has 2 aliphatic rings. The molecule has 0 bridgehead atoms. The van der Waals surface area contributed by atoms with Gasteiger partial charge in [-0.25, -0.2) is 23.2 Å². The highest BCUT2D eigenvalue weighted by molar-refractivity contribution is 7.91. The first-order valence-electron chi connectivity index (χ1n) is 5.32. The number of hydrogen-bond donors (Lipinski definition) is 0. The summed E-state index contributed by atoms with van der Waals surface area (Å²) in [6.07, 6.45) is 2.60. The van der Waals surface area contributed by atoms with Crippen LogP contribution in [-0.4, -0.2) is 56.2 Å². The molecule has 0 aliphatic carbocycles. The maximum Gasteiger partial charge on any atom is 0.357 e. The van der Waals surface area contributed by atoms with Crippen LogP contribution in [0.5, 0.6) is 0 Å². The first kappa shape index (κ1) is 12.7. The Morgan fingerprint density at radius 3 is 2.72 bits per heavy atom. The van der Waals surface area contributed by atoms with Gasteiger partial charge in [0.1, 0.15) is 0 Å². The van der Waals surface area contributed by atoms with E-state index in [1.807, 2.05) is 0 Å². The number of fused-ring (bicyclic) bond motifs is 1. The smallest absolute Gasteiger partial charge is 0.357 e. The van der Waals surface area contributed by atoms with E-state index >= 15 is 0 Å². The lowest BCUT2D eigenvalue weighted by Gasteiger charge is -2.18. The van der Waals surface area contributed by atoms with Gasteiger partial charge in [-0.1, -0.05) is 0 Å². The van der Waals surface area contributed by atoms with Crippen LogP contribution in [0.25, 0.3) is 0 Å². The fourth-order valence-electron chi connectivity index (χ4n) is 1.76. The van der Waals surface area contributed by atoms with Gasteiger partial charge in [0.2, 0.25) is 5.50 Å². The number of esters is 1. The fourth-order valence-corrected chi connectivity index (χ4v) is 2.73. The Balaban J connectivity index is 2.30. The number of nitrogens with zero attached hydrogens (tertiary/aromatic N) is 3. The van der Waals surface area contributed by atoms with Crippen molar-refractivity contribution in [3.63, 3.8) is 0 Å². The Morgan fingerprint density at radius 2 is 2.22 bits per heavy atom. The summed E-state index contributed by atoms with van der Waals surface area (Å²) in [5.74, 6) is -0.276. The molecule has 2 aliphatic heterocycles. The van der Waals surface area contributed by atoms with Gasteiger partial charge in [0.25, 0.3) is 0 Å². The van der Waals surface area contributed by atoms with Crippen molar-refractivity contribution in [2.45, 2.75) is 12.4 Å². The number of likely N-dealkylation sites (N-methyl/N-ethyl adjacent to an activating group) is 1.